The molecule has 0 spiro atoms. The molecule has 0 aliphatic rings. The summed E-state index contributed by atoms with van der Waals surface area (Å²) in [5.41, 5.74) is -0.458. The molecule has 0 saturated heterocycles. The Balaban J connectivity index is 2.94. The van der Waals surface area contributed by atoms with E-state index in [1.165, 1.54) is 17.4 Å². The molecule has 0 fully saturated rings. The van der Waals surface area contributed by atoms with Gasteiger partial charge < -0.3 is 5.11 Å². The first-order valence-electron chi connectivity index (χ1n) is 5.03. The first-order chi connectivity index (χ1) is 7.30. The first kappa shape index (κ1) is 13.6. The van der Waals surface area contributed by atoms with Crippen molar-refractivity contribution in [2.75, 3.05) is 0 Å². The first-order valence-corrected chi connectivity index (χ1v) is 7.39. The highest BCUT2D eigenvalue weighted by Gasteiger charge is 2.25. The molecule has 0 amide bonds. The molecule has 0 aliphatic carbocycles. The number of aliphatic hydroxyl groups excluding tert-OH is 1. The van der Waals surface area contributed by atoms with Crippen LogP contribution >= 0.6 is 11.3 Å². The van der Waals surface area contributed by atoms with Gasteiger partial charge in [-0.3, -0.25) is 0 Å². The molecule has 4 nitrogen and oxygen atoms in total. The summed E-state index contributed by atoms with van der Waals surface area (Å²) >= 11 is 1.24. The second kappa shape index (κ2) is 4.83. The van der Waals surface area contributed by atoms with Gasteiger partial charge in [0.2, 0.25) is 10.0 Å². The molecule has 0 atom stereocenters. The van der Waals surface area contributed by atoms with Crippen molar-refractivity contribution in [1.29, 1.82) is 0 Å². The highest BCUT2D eigenvalue weighted by Crippen LogP contribution is 2.21. The van der Waals surface area contributed by atoms with Crippen LogP contribution < -0.4 is 4.72 Å². The van der Waals surface area contributed by atoms with Gasteiger partial charge in [0.1, 0.15) is 0 Å². The quantitative estimate of drug-likeness (QED) is 0.850. The fourth-order valence-corrected chi connectivity index (χ4v) is 3.70. The smallest absolute Gasteiger partial charge is 0.241 e. The molecule has 0 radical (unpaired) electrons. The van der Waals surface area contributed by atoms with Gasteiger partial charge in [0, 0.05) is 15.8 Å². The van der Waals surface area contributed by atoms with Crippen molar-refractivity contribution in [3.05, 3.63) is 16.3 Å². The average molecular weight is 263 g/mol. The van der Waals surface area contributed by atoms with Crippen LogP contribution in [0, 0.1) is 0 Å². The molecule has 16 heavy (non-hydrogen) atoms. The summed E-state index contributed by atoms with van der Waals surface area (Å²) in [6, 6.07) is 1.50. The highest BCUT2D eigenvalue weighted by molar-refractivity contribution is 7.89. The maximum atomic E-state index is 11.9. The van der Waals surface area contributed by atoms with Crippen LogP contribution in [0.25, 0.3) is 0 Å². The third-order valence-electron chi connectivity index (χ3n) is 2.39. The van der Waals surface area contributed by atoms with Crippen LogP contribution in [-0.4, -0.2) is 19.1 Å². The van der Waals surface area contributed by atoms with E-state index in [9.17, 15) is 8.42 Å². The Morgan fingerprint density at radius 1 is 1.50 bits per heavy atom. The van der Waals surface area contributed by atoms with E-state index in [4.69, 9.17) is 5.11 Å². The molecule has 0 saturated carbocycles. The van der Waals surface area contributed by atoms with Crippen molar-refractivity contribution in [2.45, 2.75) is 44.2 Å². The zero-order chi connectivity index (χ0) is 12.4. The number of nitrogens with one attached hydrogen (secondary N) is 1. The number of hydrogen-bond acceptors (Lipinski definition) is 4. The molecule has 1 aromatic rings. The van der Waals surface area contributed by atoms with Crippen LogP contribution in [-0.2, 0) is 16.6 Å². The minimum absolute atomic E-state index is 0.128. The topological polar surface area (TPSA) is 66.4 Å². The lowest BCUT2D eigenvalue weighted by atomic mass is 10.0. The van der Waals surface area contributed by atoms with Crippen molar-refractivity contribution >= 4 is 21.4 Å². The van der Waals surface area contributed by atoms with Gasteiger partial charge in [-0.25, -0.2) is 13.1 Å². The van der Waals surface area contributed by atoms with E-state index >= 15 is 0 Å². The SMILES string of the molecule is CCC(C)(C)NS(=O)(=O)c1csc(CO)c1. The Morgan fingerprint density at radius 2 is 2.12 bits per heavy atom. The number of aliphatic hydroxyl groups is 1. The molecule has 1 heterocycles. The summed E-state index contributed by atoms with van der Waals surface area (Å²) in [6.45, 7) is 5.47. The van der Waals surface area contributed by atoms with Gasteiger partial charge in [-0.1, -0.05) is 6.92 Å². The van der Waals surface area contributed by atoms with Gasteiger partial charge >= 0.3 is 0 Å². The molecule has 6 heteroatoms. The maximum Gasteiger partial charge on any atom is 0.241 e. The summed E-state index contributed by atoms with van der Waals surface area (Å²) in [4.78, 5) is 0.873. The van der Waals surface area contributed by atoms with Crippen molar-refractivity contribution < 1.29 is 13.5 Å². The number of thiophene rings is 1. The largest absolute Gasteiger partial charge is 0.391 e. The Labute approximate surface area is 100 Å². The van der Waals surface area contributed by atoms with Crippen molar-refractivity contribution in [3.63, 3.8) is 0 Å². The molecule has 1 rings (SSSR count). The standard InChI is InChI=1S/C10H17NO3S2/c1-4-10(2,3)11-16(13,14)9-5-8(6-12)15-7-9/h5,7,11-12H,4,6H2,1-3H3. The van der Waals surface area contributed by atoms with E-state index in [-0.39, 0.29) is 11.5 Å². The van der Waals surface area contributed by atoms with Crippen LogP contribution in [0.5, 0.6) is 0 Å². The van der Waals surface area contributed by atoms with Crippen LogP contribution in [0.4, 0.5) is 0 Å². The van der Waals surface area contributed by atoms with Gasteiger partial charge in [-0.2, -0.15) is 0 Å². The zero-order valence-corrected chi connectivity index (χ0v) is 11.3. The van der Waals surface area contributed by atoms with E-state index in [1.54, 1.807) is 5.38 Å². The van der Waals surface area contributed by atoms with Gasteiger partial charge in [-0.05, 0) is 26.3 Å². The third-order valence-corrected chi connectivity index (χ3v) is 5.14. The van der Waals surface area contributed by atoms with Crippen LogP contribution in [0.15, 0.2) is 16.3 Å². The molecule has 0 bridgehead atoms. The van der Waals surface area contributed by atoms with Gasteiger partial charge in [-0.15, -0.1) is 11.3 Å². The molecule has 1 aromatic heterocycles. The Kier molecular flexibility index (Phi) is 4.12. The van der Waals surface area contributed by atoms with Crippen molar-refractivity contribution in [1.82, 2.24) is 4.72 Å². The van der Waals surface area contributed by atoms with Crippen LogP contribution in [0.1, 0.15) is 32.1 Å². The summed E-state index contributed by atoms with van der Waals surface area (Å²) in [6.07, 6.45) is 0.712. The normalized spacial score (nSPS) is 13.0. The second-order valence-electron chi connectivity index (χ2n) is 4.25. The van der Waals surface area contributed by atoms with E-state index in [0.717, 1.165) is 0 Å². The lowest BCUT2D eigenvalue weighted by Crippen LogP contribution is -2.42. The van der Waals surface area contributed by atoms with Crippen molar-refractivity contribution in [2.24, 2.45) is 0 Å². The van der Waals surface area contributed by atoms with E-state index in [0.29, 0.717) is 11.3 Å². The minimum atomic E-state index is -3.47. The highest BCUT2D eigenvalue weighted by atomic mass is 32.2. The Hall–Kier alpha value is -0.430. The van der Waals surface area contributed by atoms with Crippen molar-refractivity contribution in [3.8, 4) is 0 Å². The number of hydrogen-bond donors (Lipinski definition) is 2. The molecular formula is C10H17NO3S2. The molecule has 0 aliphatic heterocycles. The van der Waals surface area contributed by atoms with E-state index in [2.05, 4.69) is 4.72 Å². The number of sulfonamides is 1. The fraction of sp³-hybridized carbons (Fsp3) is 0.600. The van der Waals surface area contributed by atoms with Crippen LogP contribution in [0.3, 0.4) is 0 Å². The summed E-state index contributed by atoms with van der Waals surface area (Å²) in [7, 11) is -3.47. The summed E-state index contributed by atoms with van der Waals surface area (Å²) in [5.74, 6) is 0. The molecule has 0 aromatic carbocycles. The second-order valence-corrected chi connectivity index (χ2v) is 6.93. The Bertz CT molecular complexity index is 448. The number of rotatable bonds is 5. The molecule has 92 valence electrons. The predicted molar refractivity (Wildman–Crippen MR) is 64.9 cm³/mol. The maximum absolute atomic E-state index is 11.9. The zero-order valence-electron chi connectivity index (χ0n) is 9.65. The predicted octanol–water partition coefficient (Wildman–Crippen LogP) is 1.71. The van der Waals surface area contributed by atoms with Gasteiger partial charge in [0.25, 0.3) is 0 Å². The van der Waals surface area contributed by atoms with Crippen LogP contribution in [0.2, 0.25) is 0 Å². The summed E-state index contributed by atoms with van der Waals surface area (Å²) < 4.78 is 26.5. The third kappa shape index (κ3) is 3.28. The molecule has 2 N–H and O–H groups in total. The average Bonchev–Trinajstić information content (AvgIpc) is 2.65. The minimum Gasteiger partial charge on any atom is -0.391 e. The molecule has 0 unspecified atom stereocenters. The lowest BCUT2D eigenvalue weighted by molar-refractivity contribution is 0.285. The van der Waals surface area contributed by atoms with Gasteiger partial charge in [0.05, 0.1) is 11.5 Å². The lowest BCUT2D eigenvalue weighted by Gasteiger charge is -2.23. The fourth-order valence-electron chi connectivity index (χ4n) is 1.08. The molecular weight excluding hydrogens is 246 g/mol. The summed E-state index contributed by atoms with van der Waals surface area (Å²) in [5, 5.41) is 10.4. The van der Waals surface area contributed by atoms with E-state index in [1.807, 2.05) is 20.8 Å². The monoisotopic (exact) mass is 263 g/mol. The van der Waals surface area contributed by atoms with Gasteiger partial charge in [0.15, 0.2) is 0 Å². The Morgan fingerprint density at radius 3 is 2.56 bits per heavy atom. The van der Waals surface area contributed by atoms with E-state index < -0.39 is 15.6 Å².